The van der Waals surface area contributed by atoms with Gasteiger partial charge in [0, 0.05) is 17.7 Å². The quantitative estimate of drug-likeness (QED) is 0.345. The Labute approximate surface area is 198 Å². The minimum atomic E-state index is -0.782. The molecule has 0 radical (unpaired) electrons. The number of aliphatic hydroxyl groups is 1. The summed E-state index contributed by atoms with van der Waals surface area (Å²) in [4.78, 5) is 28.3. The molecule has 1 N–H and O–H groups in total. The van der Waals surface area contributed by atoms with E-state index in [9.17, 15) is 14.7 Å². The van der Waals surface area contributed by atoms with E-state index >= 15 is 0 Å². The van der Waals surface area contributed by atoms with E-state index in [0.29, 0.717) is 29.2 Å². The first-order valence-electron chi connectivity index (χ1n) is 11.2. The summed E-state index contributed by atoms with van der Waals surface area (Å²) in [6.07, 6.45) is 0.731. The summed E-state index contributed by atoms with van der Waals surface area (Å²) < 4.78 is 10.9. The van der Waals surface area contributed by atoms with Crippen LogP contribution in [0.3, 0.4) is 0 Å². The number of carbonyl (C=O) groups excluding carboxylic acids is 2. The standard InChI is InChI=1S/C28H25NO5/c1-16-4-5-17(2)22(14-16)29-25(18-6-9-21(33-3)10-7-18)24(27(31)28(29)32)26(30)20-8-11-23-19(15-20)12-13-34-23/h4-11,14-15,25,30H,12-13H2,1-3H3/b26-24-. The van der Waals surface area contributed by atoms with Crippen LogP contribution in [-0.4, -0.2) is 30.5 Å². The van der Waals surface area contributed by atoms with Gasteiger partial charge in [0.2, 0.25) is 0 Å². The maximum atomic E-state index is 13.4. The molecule has 0 aromatic heterocycles. The number of nitrogens with zero attached hydrogens (tertiary/aromatic N) is 1. The third kappa shape index (κ3) is 3.52. The lowest BCUT2D eigenvalue weighted by Gasteiger charge is -2.27. The Morgan fingerprint density at radius 3 is 2.53 bits per heavy atom. The predicted octanol–water partition coefficient (Wildman–Crippen LogP) is 4.87. The lowest BCUT2D eigenvalue weighted by Crippen LogP contribution is -2.30. The largest absolute Gasteiger partial charge is 0.507 e. The fraction of sp³-hybridized carbons (Fsp3) is 0.214. The maximum Gasteiger partial charge on any atom is 0.300 e. The number of methoxy groups -OCH3 is 1. The van der Waals surface area contributed by atoms with Crippen LogP contribution in [0, 0.1) is 13.8 Å². The molecule has 1 atom stereocenters. The van der Waals surface area contributed by atoms with E-state index in [-0.39, 0.29) is 11.3 Å². The molecule has 0 bridgehead atoms. The first-order chi connectivity index (χ1) is 16.4. The van der Waals surface area contributed by atoms with Crippen LogP contribution >= 0.6 is 0 Å². The van der Waals surface area contributed by atoms with E-state index in [1.165, 1.54) is 4.90 Å². The second-order valence-electron chi connectivity index (χ2n) is 8.65. The van der Waals surface area contributed by atoms with Crippen molar-refractivity contribution in [2.45, 2.75) is 26.3 Å². The third-order valence-corrected chi connectivity index (χ3v) is 6.46. The van der Waals surface area contributed by atoms with Gasteiger partial charge in [-0.3, -0.25) is 14.5 Å². The highest BCUT2D eigenvalue weighted by atomic mass is 16.5. The maximum absolute atomic E-state index is 13.4. The third-order valence-electron chi connectivity index (χ3n) is 6.46. The van der Waals surface area contributed by atoms with Gasteiger partial charge in [-0.25, -0.2) is 0 Å². The van der Waals surface area contributed by atoms with E-state index in [1.807, 2.05) is 50.2 Å². The first kappa shape index (κ1) is 21.8. The van der Waals surface area contributed by atoms with E-state index < -0.39 is 17.7 Å². The van der Waals surface area contributed by atoms with E-state index in [4.69, 9.17) is 9.47 Å². The van der Waals surface area contributed by atoms with Crippen molar-refractivity contribution < 1.29 is 24.2 Å². The van der Waals surface area contributed by atoms with E-state index in [1.54, 1.807) is 31.4 Å². The Kier molecular flexibility index (Phi) is 5.36. The zero-order chi connectivity index (χ0) is 24.0. The molecular weight excluding hydrogens is 430 g/mol. The van der Waals surface area contributed by atoms with Gasteiger partial charge in [0.15, 0.2) is 0 Å². The summed E-state index contributed by atoms with van der Waals surface area (Å²) >= 11 is 0. The van der Waals surface area contributed by atoms with E-state index in [0.717, 1.165) is 28.9 Å². The molecule has 1 amide bonds. The molecule has 6 nitrogen and oxygen atoms in total. The summed E-state index contributed by atoms with van der Waals surface area (Å²) in [7, 11) is 1.58. The van der Waals surface area contributed by atoms with Gasteiger partial charge in [0.1, 0.15) is 17.3 Å². The Morgan fingerprint density at radius 2 is 1.79 bits per heavy atom. The second-order valence-corrected chi connectivity index (χ2v) is 8.65. The zero-order valence-electron chi connectivity index (χ0n) is 19.3. The van der Waals surface area contributed by atoms with E-state index in [2.05, 4.69) is 0 Å². The van der Waals surface area contributed by atoms with Gasteiger partial charge in [0.05, 0.1) is 25.3 Å². The summed E-state index contributed by atoms with van der Waals surface area (Å²) in [5, 5.41) is 11.4. The molecule has 6 heteroatoms. The van der Waals surface area contributed by atoms with Crippen molar-refractivity contribution in [1.82, 2.24) is 0 Å². The molecule has 0 aliphatic carbocycles. The SMILES string of the molecule is COc1ccc(C2/C(=C(/O)c3ccc4c(c3)CCO4)C(=O)C(=O)N2c2cc(C)ccc2C)cc1. The zero-order valence-corrected chi connectivity index (χ0v) is 19.3. The van der Waals surface area contributed by atoms with Crippen molar-refractivity contribution in [3.63, 3.8) is 0 Å². The fourth-order valence-electron chi connectivity index (χ4n) is 4.65. The number of Topliss-reactive ketones (excluding diaryl/α,β-unsaturated/α-hetero) is 1. The number of hydrogen-bond donors (Lipinski definition) is 1. The lowest BCUT2D eigenvalue weighted by atomic mass is 9.94. The van der Waals surface area contributed by atoms with Crippen molar-refractivity contribution in [3.05, 3.63) is 94.1 Å². The smallest absolute Gasteiger partial charge is 0.300 e. The topological polar surface area (TPSA) is 76.1 Å². The molecule has 1 unspecified atom stereocenters. The van der Waals surface area contributed by atoms with Crippen LogP contribution in [0.2, 0.25) is 0 Å². The molecule has 3 aromatic carbocycles. The minimum absolute atomic E-state index is 0.0648. The van der Waals surface area contributed by atoms with Gasteiger partial charge in [-0.2, -0.15) is 0 Å². The molecule has 1 saturated heterocycles. The van der Waals surface area contributed by atoms with Crippen molar-refractivity contribution in [3.8, 4) is 11.5 Å². The van der Waals surface area contributed by atoms with Gasteiger partial charge in [-0.1, -0.05) is 24.3 Å². The Balaban J connectivity index is 1.72. The number of ether oxygens (including phenoxy) is 2. The first-order valence-corrected chi connectivity index (χ1v) is 11.2. The minimum Gasteiger partial charge on any atom is -0.507 e. The summed E-state index contributed by atoms with van der Waals surface area (Å²) in [5.41, 5.74) is 4.69. The summed E-state index contributed by atoms with van der Waals surface area (Å²) in [6.45, 7) is 4.43. The molecule has 5 rings (SSSR count). The number of carbonyl (C=O) groups is 2. The van der Waals surface area contributed by atoms with Crippen LogP contribution in [0.25, 0.3) is 5.76 Å². The Morgan fingerprint density at radius 1 is 1.03 bits per heavy atom. The number of aliphatic hydroxyl groups excluding tert-OH is 1. The average Bonchev–Trinajstić information content (AvgIpc) is 3.42. The van der Waals surface area contributed by atoms with Crippen LogP contribution < -0.4 is 14.4 Å². The molecule has 2 aliphatic heterocycles. The van der Waals surface area contributed by atoms with Crippen LogP contribution in [0.4, 0.5) is 5.69 Å². The van der Waals surface area contributed by atoms with Gasteiger partial charge in [-0.15, -0.1) is 0 Å². The van der Waals surface area contributed by atoms with Crippen molar-refractivity contribution in [2.75, 3.05) is 18.6 Å². The number of anilines is 1. The Bertz CT molecular complexity index is 1340. The number of fused-ring (bicyclic) bond motifs is 1. The average molecular weight is 456 g/mol. The number of benzene rings is 3. The van der Waals surface area contributed by atoms with Gasteiger partial charge < -0.3 is 14.6 Å². The highest BCUT2D eigenvalue weighted by Crippen LogP contribution is 2.44. The summed E-state index contributed by atoms with van der Waals surface area (Å²) in [5.74, 6) is -0.136. The molecule has 0 saturated carbocycles. The number of aryl methyl sites for hydroxylation is 2. The molecule has 172 valence electrons. The number of ketones is 1. The normalized spacial score (nSPS) is 18.7. The number of hydrogen-bond acceptors (Lipinski definition) is 5. The van der Waals surface area contributed by atoms with Crippen LogP contribution in [0.5, 0.6) is 11.5 Å². The number of amides is 1. The fourth-order valence-corrected chi connectivity index (χ4v) is 4.65. The molecule has 3 aromatic rings. The molecule has 0 spiro atoms. The predicted molar refractivity (Wildman–Crippen MR) is 129 cm³/mol. The lowest BCUT2D eigenvalue weighted by molar-refractivity contribution is -0.132. The number of rotatable bonds is 4. The highest BCUT2D eigenvalue weighted by molar-refractivity contribution is 6.51. The van der Waals surface area contributed by atoms with Crippen LogP contribution in [-0.2, 0) is 16.0 Å². The molecule has 2 aliphatic rings. The molecule has 34 heavy (non-hydrogen) atoms. The van der Waals surface area contributed by atoms with Gasteiger partial charge >= 0.3 is 0 Å². The molecule has 1 fully saturated rings. The van der Waals surface area contributed by atoms with Crippen LogP contribution in [0.1, 0.15) is 33.9 Å². The molecular formula is C28H25NO5. The Hall–Kier alpha value is -4.06. The van der Waals surface area contributed by atoms with Gasteiger partial charge in [-0.05, 0) is 72.5 Å². The van der Waals surface area contributed by atoms with Crippen molar-refractivity contribution in [2.24, 2.45) is 0 Å². The second kappa shape index (κ2) is 8.37. The summed E-state index contributed by atoms with van der Waals surface area (Å²) in [6, 6.07) is 17.5. The van der Waals surface area contributed by atoms with Crippen molar-refractivity contribution >= 4 is 23.1 Å². The monoisotopic (exact) mass is 455 g/mol. The van der Waals surface area contributed by atoms with Crippen LogP contribution in [0.15, 0.2) is 66.2 Å². The van der Waals surface area contributed by atoms with Gasteiger partial charge in [0.25, 0.3) is 11.7 Å². The molecule has 2 heterocycles. The highest BCUT2D eigenvalue weighted by Gasteiger charge is 2.47. The van der Waals surface area contributed by atoms with Crippen molar-refractivity contribution in [1.29, 1.82) is 0 Å².